The highest BCUT2D eigenvalue weighted by Gasteiger charge is 2.33. The highest BCUT2D eigenvalue weighted by molar-refractivity contribution is 5.85. The smallest absolute Gasteiger partial charge is 0.0936 e. The predicted octanol–water partition coefficient (Wildman–Crippen LogP) is 0.489. The molecule has 2 aliphatic heterocycles. The highest BCUT2D eigenvalue weighted by atomic mass is 35.5. The molecule has 4 nitrogen and oxygen atoms in total. The zero-order valence-electron chi connectivity index (χ0n) is 10.8. The van der Waals surface area contributed by atoms with Crippen LogP contribution in [0.15, 0.2) is 0 Å². The van der Waals surface area contributed by atoms with E-state index in [1.54, 1.807) is 0 Å². The minimum atomic E-state index is 0. The van der Waals surface area contributed by atoms with Crippen molar-refractivity contribution in [1.29, 1.82) is 0 Å². The van der Waals surface area contributed by atoms with E-state index >= 15 is 0 Å². The van der Waals surface area contributed by atoms with Gasteiger partial charge in [0, 0.05) is 26.2 Å². The summed E-state index contributed by atoms with van der Waals surface area (Å²) in [7, 11) is 0. The predicted molar refractivity (Wildman–Crippen MR) is 70.7 cm³/mol. The molecule has 3 unspecified atom stereocenters. The molecule has 0 aromatic carbocycles. The number of ether oxygens (including phenoxy) is 1. The van der Waals surface area contributed by atoms with Crippen LogP contribution < -0.4 is 5.32 Å². The second-order valence-corrected chi connectivity index (χ2v) is 5.68. The topological polar surface area (TPSA) is 44.7 Å². The maximum absolute atomic E-state index is 9.19. The van der Waals surface area contributed by atoms with Crippen LogP contribution in [0.5, 0.6) is 0 Å². The van der Waals surface area contributed by atoms with Gasteiger partial charge in [-0.25, -0.2) is 0 Å². The van der Waals surface area contributed by atoms with Gasteiger partial charge in [0.05, 0.1) is 18.8 Å². The molecule has 2 aliphatic rings. The second-order valence-electron chi connectivity index (χ2n) is 5.68. The Morgan fingerprint density at radius 3 is 2.82 bits per heavy atom. The second kappa shape index (κ2) is 6.34. The van der Waals surface area contributed by atoms with Crippen LogP contribution in [0, 0.1) is 5.41 Å². The minimum Gasteiger partial charge on any atom is -0.394 e. The molecular formula is C12H25ClN2O2. The van der Waals surface area contributed by atoms with E-state index in [4.69, 9.17) is 4.74 Å². The maximum atomic E-state index is 9.19. The first-order valence-corrected chi connectivity index (χ1v) is 6.31. The van der Waals surface area contributed by atoms with Crippen molar-refractivity contribution in [1.82, 2.24) is 10.2 Å². The van der Waals surface area contributed by atoms with Gasteiger partial charge in [-0.2, -0.15) is 0 Å². The van der Waals surface area contributed by atoms with E-state index in [0.717, 1.165) is 32.7 Å². The van der Waals surface area contributed by atoms with Crippen LogP contribution in [0.25, 0.3) is 0 Å². The van der Waals surface area contributed by atoms with Crippen molar-refractivity contribution in [2.45, 2.75) is 32.5 Å². The Kier molecular flexibility index (Phi) is 5.67. The monoisotopic (exact) mass is 264 g/mol. The Hall–Kier alpha value is 0.130. The molecule has 2 rings (SSSR count). The third kappa shape index (κ3) is 4.07. The molecule has 2 saturated heterocycles. The van der Waals surface area contributed by atoms with Crippen molar-refractivity contribution < 1.29 is 9.84 Å². The molecule has 0 aliphatic carbocycles. The molecule has 102 valence electrons. The number of aliphatic hydroxyl groups excluding tert-OH is 1. The van der Waals surface area contributed by atoms with Crippen LogP contribution in [-0.4, -0.2) is 61.5 Å². The summed E-state index contributed by atoms with van der Waals surface area (Å²) in [5, 5.41) is 12.6. The molecule has 0 aromatic heterocycles. The van der Waals surface area contributed by atoms with Crippen LogP contribution >= 0.6 is 12.4 Å². The van der Waals surface area contributed by atoms with Crippen molar-refractivity contribution in [3.63, 3.8) is 0 Å². The van der Waals surface area contributed by atoms with Gasteiger partial charge < -0.3 is 15.2 Å². The van der Waals surface area contributed by atoms with E-state index in [9.17, 15) is 5.11 Å². The molecule has 0 bridgehead atoms. The SMILES string of the molecule is CC1CN(CC2(C)CCNC2)CC(CO)O1.Cl. The van der Waals surface area contributed by atoms with Gasteiger partial charge in [-0.15, -0.1) is 12.4 Å². The van der Waals surface area contributed by atoms with Crippen LogP contribution in [0.1, 0.15) is 20.3 Å². The molecule has 17 heavy (non-hydrogen) atoms. The van der Waals surface area contributed by atoms with Crippen molar-refractivity contribution >= 4 is 12.4 Å². The zero-order valence-corrected chi connectivity index (χ0v) is 11.6. The van der Waals surface area contributed by atoms with Crippen molar-refractivity contribution in [2.75, 3.05) is 39.3 Å². The van der Waals surface area contributed by atoms with Gasteiger partial charge in [0.1, 0.15) is 0 Å². The first-order chi connectivity index (χ1) is 7.61. The van der Waals surface area contributed by atoms with Crippen molar-refractivity contribution in [2.24, 2.45) is 5.41 Å². The fourth-order valence-electron chi connectivity index (χ4n) is 2.91. The molecule has 3 atom stereocenters. The van der Waals surface area contributed by atoms with Gasteiger partial charge in [0.25, 0.3) is 0 Å². The summed E-state index contributed by atoms with van der Waals surface area (Å²) < 4.78 is 5.66. The van der Waals surface area contributed by atoms with E-state index in [1.807, 2.05) is 0 Å². The van der Waals surface area contributed by atoms with Crippen molar-refractivity contribution in [3.8, 4) is 0 Å². The fourth-order valence-corrected chi connectivity index (χ4v) is 2.91. The Morgan fingerprint density at radius 2 is 2.24 bits per heavy atom. The lowest BCUT2D eigenvalue weighted by molar-refractivity contribution is -0.101. The summed E-state index contributed by atoms with van der Waals surface area (Å²) in [5.74, 6) is 0. The maximum Gasteiger partial charge on any atom is 0.0936 e. The summed E-state index contributed by atoms with van der Waals surface area (Å²) in [6.07, 6.45) is 1.49. The summed E-state index contributed by atoms with van der Waals surface area (Å²) in [6, 6.07) is 0. The lowest BCUT2D eigenvalue weighted by atomic mass is 9.89. The Morgan fingerprint density at radius 1 is 1.47 bits per heavy atom. The van der Waals surface area contributed by atoms with Gasteiger partial charge in [0.2, 0.25) is 0 Å². The number of morpholine rings is 1. The van der Waals surface area contributed by atoms with Gasteiger partial charge in [-0.1, -0.05) is 6.92 Å². The van der Waals surface area contributed by atoms with Crippen LogP contribution in [-0.2, 0) is 4.74 Å². The highest BCUT2D eigenvalue weighted by Crippen LogP contribution is 2.27. The molecule has 0 aromatic rings. The average molecular weight is 265 g/mol. The van der Waals surface area contributed by atoms with E-state index in [-0.39, 0.29) is 31.2 Å². The Labute approximate surface area is 110 Å². The Balaban J connectivity index is 0.00000144. The van der Waals surface area contributed by atoms with Crippen molar-refractivity contribution in [3.05, 3.63) is 0 Å². The summed E-state index contributed by atoms with van der Waals surface area (Å²) in [6.45, 7) is 9.80. The van der Waals surface area contributed by atoms with Gasteiger partial charge in [-0.3, -0.25) is 4.90 Å². The van der Waals surface area contributed by atoms with Crippen LogP contribution in [0.2, 0.25) is 0 Å². The normalized spacial score (nSPS) is 39.0. The average Bonchev–Trinajstić information content (AvgIpc) is 2.63. The largest absolute Gasteiger partial charge is 0.394 e. The van der Waals surface area contributed by atoms with Crippen LogP contribution in [0.4, 0.5) is 0 Å². The summed E-state index contributed by atoms with van der Waals surface area (Å²) in [4.78, 5) is 2.45. The lowest BCUT2D eigenvalue weighted by Crippen LogP contribution is -2.51. The number of nitrogens with one attached hydrogen (secondary N) is 1. The third-order valence-electron chi connectivity index (χ3n) is 3.67. The molecule has 0 amide bonds. The molecule has 2 fully saturated rings. The Bertz CT molecular complexity index is 235. The van der Waals surface area contributed by atoms with E-state index in [0.29, 0.717) is 5.41 Å². The fraction of sp³-hybridized carbons (Fsp3) is 1.00. The molecular weight excluding hydrogens is 240 g/mol. The van der Waals surface area contributed by atoms with E-state index < -0.39 is 0 Å². The number of hydrogen-bond acceptors (Lipinski definition) is 4. The molecule has 0 saturated carbocycles. The minimum absolute atomic E-state index is 0. The first-order valence-electron chi connectivity index (χ1n) is 6.31. The number of nitrogens with zero attached hydrogens (tertiary/aromatic N) is 1. The summed E-state index contributed by atoms with van der Waals surface area (Å²) in [5.41, 5.74) is 0.400. The summed E-state index contributed by atoms with van der Waals surface area (Å²) >= 11 is 0. The molecule has 2 heterocycles. The first kappa shape index (κ1) is 15.2. The number of aliphatic hydroxyl groups is 1. The quantitative estimate of drug-likeness (QED) is 0.779. The number of rotatable bonds is 3. The molecule has 0 radical (unpaired) electrons. The molecule has 2 N–H and O–H groups in total. The van der Waals surface area contributed by atoms with Gasteiger partial charge in [-0.05, 0) is 25.3 Å². The zero-order chi connectivity index (χ0) is 11.6. The van der Waals surface area contributed by atoms with Crippen LogP contribution in [0.3, 0.4) is 0 Å². The number of halogens is 1. The molecule has 5 heteroatoms. The van der Waals surface area contributed by atoms with Gasteiger partial charge >= 0.3 is 0 Å². The van der Waals surface area contributed by atoms with Gasteiger partial charge in [0.15, 0.2) is 0 Å². The lowest BCUT2D eigenvalue weighted by Gasteiger charge is -2.40. The standard InChI is InChI=1S/C12H24N2O2.ClH/c1-10-5-14(6-11(7-15)16-10)9-12(2)3-4-13-8-12;/h10-11,13,15H,3-9H2,1-2H3;1H. The number of hydrogen-bond donors (Lipinski definition) is 2. The van der Waals surface area contributed by atoms with E-state index in [2.05, 4.69) is 24.1 Å². The third-order valence-corrected chi connectivity index (χ3v) is 3.67. The van der Waals surface area contributed by atoms with E-state index in [1.165, 1.54) is 6.42 Å². The molecule has 0 spiro atoms.